The minimum absolute atomic E-state index is 1.10. The van der Waals surface area contributed by atoms with Gasteiger partial charge in [0, 0.05) is 56.4 Å². The molecule has 0 unspecified atom stereocenters. The van der Waals surface area contributed by atoms with Crippen LogP contribution < -0.4 is 14.7 Å². The summed E-state index contributed by atoms with van der Waals surface area (Å²) in [7, 11) is 0. The normalized spacial score (nSPS) is 15.3. The Morgan fingerprint density at radius 1 is 0.551 bits per heavy atom. The molecule has 3 fully saturated rings. The molecule has 0 spiro atoms. The summed E-state index contributed by atoms with van der Waals surface area (Å²) in [5.41, 5.74) is 4.38. The average Bonchev–Trinajstić information content (AvgIpc) is 3.87. The zero-order chi connectivity index (χ0) is 35.8. The van der Waals surface area contributed by atoms with E-state index in [4.69, 9.17) is 20.4 Å². The summed E-state index contributed by atoms with van der Waals surface area (Å²) in [6.07, 6.45) is 11.6. The van der Waals surface area contributed by atoms with Gasteiger partial charge in [-0.25, -0.2) is 4.79 Å². The van der Waals surface area contributed by atoms with Crippen molar-refractivity contribution in [2.45, 2.75) is 77.7 Å². The molecule has 0 saturated carbocycles. The second-order valence-electron chi connectivity index (χ2n) is 12.5. The maximum Gasteiger partial charge on any atom is 0.336 e. The first-order valence-corrected chi connectivity index (χ1v) is 16.8. The summed E-state index contributed by atoms with van der Waals surface area (Å²) in [4.78, 5) is 50.5. The zero-order valence-electron chi connectivity index (χ0n) is 28.8. The monoisotopic (exact) mass is 678 g/mol. The minimum atomic E-state index is -2.74. The number of hydrogen-bond acceptors (Lipinski definition) is 10. The van der Waals surface area contributed by atoms with Crippen molar-refractivity contribution in [2.75, 3.05) is 54.0 Å². The largest absolute Gasteiger partial charge is 0.481 e. The van der Waals surface area contributed by atoms with Crippen LogP contribution in [-0.4, -0.2) is 98.2 Å². The number of pyridine rings is 3. The first kappa shape index (κ1) is 38.7. The molecule has 3 aliphatic heterocycles. The Balaban J connectivity index is 0.000000177. The molecule has 4 N–H and O–H groups in total. The van der Waals surface area contributed by atoms with Crippen LogP contribution >= 0.6 is 0 Å². The van der Waals surface area contributed by atoms with Gasteiger partial charge in [0.2, 0.25) is 0 Å². The highest BCUT2D eigenvalue weighted by molar-refractivity contribution is 5.88. The minimum Gasteiger partial charge on any atom is -0.481 e. The van der Waals surface area contributed by atoms with Crippen molar-refractivity contribution in [3.8, 4) is 0 Å². The number of carboxylic acids is 3. The smallest absolute Gasteiger partial charge is 0.336 e. The highest BCUT2D eigenvalue weighted by Gasteiger charge is 2.40. The molecular formula is C36H50N6O7. The Morgan fingerprint density at radius 2 is 0.816 bits per heavy atom. The number of aliphatic carboxylic acids is 3. The summed E-state index contributed by atoms with van der Waals surface area (Å²) >= 11 is 0. The van der Waals surface area contributed by atoms with Crippen LogP contribution in [0.25, 0.3) is 0 Å². The predicted octanol–water partition coefficient (Wildman–Crippen LogP) is 4.72. The molecule has 266 valence electrons. The van der Waals surface area contributed by atoms with Crippen molar-refractivity contribution in [1.29, 1.82) is 0 Å². The van der Waals surface area contributed by atoms with Crippen LogP contribution in [0.1, 0.15) is 68.4 Å². The van der Waals surface area contributed by atoms with Crippen LogP contribution in [0, 0.1) is 20.8 Å². The van der Waals surface area contributed by atoms with E-state index in [1.807, 2.05) is 39.4 Å². The Hall–Kier alpha value is -4.78. The molecule has 3 saturated heterocycles. The van der Waals surface area contributed by atoms with Gasteiger partial charge in [-0.15, -0.1) is 0 Å². The Morgan fingerprint density at radius 3 is 1.00 bits per heavy atom. The van der Waals surface area contributed by atoms with Gasteiger partial charge in [0.1, 0.15) is 0 Å². The first-order chi connectivity index (χ1) is 23.4. The zero-order valence-corrected chi connectivity index (χ0v) is 28.8. The van der Waals surface area contributed by atoms with Crippen LogP contribution in [0.4, 0.5) is 17.1 Å². The molecule has 13 heteroatoms. The van der Waals surface area contributed by atoms with Crippen molar-refractivity contribution < 1.29 is 34.8 Å². The van der Waals surface area contributed by atoms with Gasteiger partial charge in [-0.05, 0) is 95.7 Å². The van der Waals surface area contributed by atoms with Gasteiger partial charge >= 0.3 is 17.9 Å². The Bertz CT molecular complexity index is 1300. The fourth-order valence-corrected chi connectivity index (χ4v) is 5.58. The predicted molar refractivity (Wildman–Crippen MR) is 188 cm³/mol. The van der Waals surface area contributed by atoms with E-state index in [1.165, 1.54) is 94.9 Å². The summed E-state index contributed by atoms with van der Waals surface area (Å²) in [6, 6.07) is 12.7. The lowest BCUT2D eigenvalue weighted by Crippen LogP contribution is -2.42. The van der Waals surface area contributed by atoms with Gasteiger partial charge in [-0.2, -0.15) is 0 Å². The number of carboxylic acid groups (broad SMARTS) is 3. The highest BCUT2D eigenvalue weighted by atomic mass is 16.4. The summed E-state index contributed by atoms with van der Waals surface area (Å²) in [5, 5.41) is 33.8. The molecule has 13 nitrogen and oxygen atoms in total. The lowest BCUT2D eigenvalue weighted by Gasteiger charge is -2.18. The van der Waals surface area contributed by atoms with Crippen molar-refractivity contribution in [3.05, 3.63) is 72.1 Å². The third-order valence-electron chi connectivity index (χ3n) is 8.39. The van der Waals surface area contributed by atoms with E-state index in [0.29, 0.717) is 0 Å². The van der Waals surface area contributed by atoms with Gasteiger partial charge in [-0.3, -0.25) is 24.5 Å². The van der Waals surface area contributed by atoms with E-state index >= 15 is 0 Å². The third-order valence-corrected chi connectivity index (χ3v) is 8.39. The van der Waals surface area contributed by atoms with Crippen molar-refractivity contribution in [2.24, 2.45) is 0 Å². The van der Waals surface area contributed by atoms with Gasteiger partial charge in [0.15, 0.2) is 5.60 Å². The molecule has 6 rings (SSSR count). The maximum absolute atomic E-state index is 10.3. The van der Waals surface area contributed by atoms with Crippen molar-refractivity contribution in [3.63, 3.8) is 0 Å². The number of aliphatic hydroxyl groups is 1. The van der Waals surface area contributed by atoms with Gasteiger partial charge in [0.05, 0.1) is 48.5 Å². The van der Waals surface area contributed by atoms with Crippen LogP contribution in [0.2, 0.25) is 0 Å². The fraction of sp³-hybridized carbons (Fsp3) is 0.500. The number of nitrogens with zero attached hydrogens (tertiary/aromatic N) is 6. The number of hydrogen-bond donors (Lipinski definition) is 4. The summed E-state index contributed by atoms with van der Waals surface area (Å²) in [6.45, 7) is 13.3. The van der Waals surface area contributed by atoms with Crippen molar-refractivity contribution in [1.82, 2.24) is 15.0 Å². The van der Waals surface area contributed by atoms with E-state index in [9.17, 15) is 14.4 Å². The van der Waals surface area contributed by atoms with E-state index in [0.717, 1.165) is 17.1 Å². The maximum atomic E-state index is 10.3. The fourth-order valence-electron chi connectivity index (χ4n) is 5.58. The van der Waals surface area contributed by atoms with Crippen LogP contribution in [-0.2, 0) is 14.4 Å². The molecule has 49 heavy (non-hydrogen) atoms. The highest BCUT2D eigenvalue weighted by Crippen LogP contribution is 2.21. The lowest BCUT2D eigenvalue weighted by atomic mass is 9.96. The van der Waals surface area contributed by atoms with Crippen LogP contribution in [0.5, 0.6) is 0 Å². The summed E-state index contributed by atoms with van der Waals surface area (Å²) in [5.74, 6) is -5.02. The first-order valence-electron chi connectivity index (χ1n) is 16.8. The third kappa shape index (κ3) is 13.3. The lowest BCUT2D eigenvalue weighted by molar-refractivity contribution is -0.170. The SMILES string of the molecule is Cc1ccc(N2CCCC2)cn1.Cc1ccc(N2CCCC2)cn1.Cc1ccc(N2CCCC2)cn1.O=C(O)CC(O)(CC(=O)O)C(=O)O. The van der Waals surface area contributed by atoms with Crippen LogP contribution in [0.3, 0.4) is 0 Å². The Kier molecular flexibility index (Phi) is 15.2. The number of carbonyl (C=O) groups is 3. The molecule has 0 amide bonds. The number of rotatable bonds is 8. The average molecular weight is 679 g/mol. The molecule has 0 aliphatic carbocycles. The Labute approximate surface area is 288 Å². The molecule has 3 aromatic heterocycles. The molecule has 6 heterocycles. The summed E-state index contributed by atoms with van der Waals surface area (Å²) < 4.78 is 0. The van der Waals surface area contributed by atoms with Gasteiger partial charge < -0.3 is 35.1 Å². The van der Waals surface area contributed by atoms with Crippen molar-refractivity contribution >= 4 is 35.0 Å². The quantitative estimate of drug-likeness (QED) is 0.257. The number of aromatic nitrogens is 3. The number of anilines is 3. The second-order valence-corrected chi connectivity index (χ2v) is 12.5. The molecule has 0 radical (unpaired) electrons. The molecule has 3 aliphatic rings. The molecule has 0 bridgehead atoms. The second kappa shape index (κ2) is 19.3. The standard InChI is InChI=1S/3C10H14N2.C6H8O7/c3*1-9-4-5-10(8-11-9)12-6-2-3-7-12;7-3(8)1-6(13,5(11)12)2-4(9)10/h3*4-5,8H,2-3,6-7H2,1H3;13H,1-2H2,(H,7,8)(H,9,10)(H,11,12). The van der Waals surface area contributed by atoms with Crippen LogP contribution in [0.15, 0.2) is 55.0 Å². The topological polar surface area (TPSA) is 181 Å². The molecule has 3 aromatic rings. The molecule has 0 aromatic carbocycles. The molecule has 0 atom stereocenters. The molecular weight excluding hydrogens is 628 g/mol. The van der Waals surface area contributed by atoms with Gasteiger partial charge in [0.25, 0.3) is 0 Å². The number of aryl methyl sites for hydroxylation is 3. The van der Waals surface area contributed by atoms with E-state index in [1.54, 1.807) is 0 Å². The van der Waals surface area contributed by atoms with E-state index < -0.39 is 36.4 Å². The van der Waals surface area contributed by atoms with E-state index in [-0.39, 0.29) is 0 Å². The van der Waals surface area contributed by atoms with Gasteiger partial charge in [-0.1, -0.05) is 0 Å². The van der Waals surface area contributed by atoms with E-state index in [2.05, 4.69) is 66.0 Å².